The molecule has 0 N–H and O–H groups in total. The highest BCUT2D eigenvalue weighted by Crippen LogP contribution is 2.16. The third-order valence-corrected chi connectivity index (χ3v) is 2.00. The van der Waals surface area contributed by atoms with Crippen LogP contribution in [0.4, 0.5) is 8.78 Å². The molecule has 0 unspecified atom stereocenters. The van der Waals surface area contributed by atoms with Crippen molar-refractivity contribution >= 4 is 20.7 Å². The molecular weight excluding hydrogens is 161 g/mol. The summed E-state index contributed by atoms with van der Waals surface area (Å²) >= 11 is 2.30. The van der Waals surface area contributed by atoms with Crippen molar-refractivity contribution in [3.8, 4) is 0 Å². The van der Waals surface area contributed by atoms with Crippen molar-refractivity contribution in [1.29, 1.82) is 0 Å². The van der Waals surface area contributed by atoms with Gasteiger partial charge in [0.15, 0.2) is 16.3 Å². The fourth-order valence-electron chi connectivity index (χ4n) is 0.883. The number of aryl methyl sites for hydroxylation is 1. The Morgan fingerprint density at radius 3 is 2.45 bits per heavy atom. The molecule has 0 bridgehead atoms. The predicted molar refractivity (Wildman–Crippen MR) is 41.5 cm³/mol. The van der Waals surface area contributed by atoms with E-state index in [0.717, 1.165) is 5.56 Å². The van der Waals surface area contributed by atoms with E-state index in [1.165, 1.54) is 6.07 Å². The van der Waals surface area contributed by atoms with E-state index in [0.29, 0.717) is 4.43 Å². The lowest BCUT2D eigenvalue weighted by molar-refractivity contribution is 0.152. The van der Waals surface area contributed by atoms with Gasteiger partial charge in [-0.25, -0.2) is 8.78 Å². The number of hydrogen-bond acceptors (Lipinski definition) is 0. The molecule has 0 aromatic heterocycles. The normalized spacial score (nSPS) is 10.5. The molecule has 1 aromatic carbocycles. The molecule has 1 rings (SSSR count). The second-order valence-electron chi connectivity index (χ2n) is 2.43. The van der Waals surface area contributed by atoms with Gasteiger partial charge in [-0.2, -0.15) is 0 Å². The molecule has 0 amide bonds. The van der Waals surface area contributed by atoms with Gasteiger partial charge in [0.1, 0.15) is 0 Å². The van der Waals surface area contributed by atoms with E-state index >= 15 is 0 Å². The van der Waals surface area contributed by atoms with Crippen LogP contribution in [-0.4, -0.2) is 16.3 Å². The standard InChI is InChI=1S/C8H7F2.Al/c1-6-3-2-4-7(5-6)8(9)10;/h2-3,5,8H,1H3;. The molecule has 3 heteroatoms. The molecule has 56 valence electrons. The summed E-state index contributed by atoms with van der Waals surface area (Å²) in [6.45, 7) is 1.80. The third kappa shape index (κ3) is 2.02. The van der Waals surface area contributed by atoms with Crippen LogP contribution in [0.1, 0.15) is 17.6 Å². The highest BCUT2D eigenvalue weighted by Gasteiger charge is 2.08. The van der Waals surface area contributed by atoms with Gasteiger partial charge in [0, 0.05) is 5.56 Å². The van der Waals surface area contributed by atoms with Gasteiger partial charge in [0.25, 0.3) is 6.43 Å². The van der Waals surface area contributed by atoms with Crippen LogP contribution in [0.5, 0.6) is 0 Å². The van der Waals surface area contributed by atoms with Gasteiger partial charge in [0.2, 0.25) is 0 Å². The Kier molecular flexibility index (Phi) is 2.64. The first-order chi connectivity index (χ1) is 5.11. The largest absolute Gasteiger partial charge is 0.262 e. The summed E-state index contributed by atoms with van der Waals surface area (Å²) in [4.78, 5) is 0. The van der Waals surface area contributed by atoms with Crippen LogP contribution in [0.3, 0.4) is 0 Å². The summed E-state index contributed by atoms with van der Waals surface area (Å²) in [6, 6.07) is 5.00. The van der Waals surface area contributed by atoms with Crippen molar-refractivity contribution in [2.24, 2.45) is 0 Å². The molecule has 0 saturated heterocycles. The molecule has 1 aromatic rings. The number of halogens is 2. The summed E-state index contributed by atoms with van der Waals surface area (Å²) in [6.07, 6.45) is -2.37. The summed E-state index contributed by atoms with van der Waals surface area (Å²) in [7, 11) is 0. The van der Waals surface area contributed by atoms with Crippen molar-refractivity contribution in [2.75, 3.05) is 0 Å². The predicted octanol–water partition coefficient (Wildman–Crippen LogP) is 1.73. The first kappa shape index (κ1) is 8.71. The Hall–Kier alpha value is -0.388. The van der Waals surface area contributed by atoms with E-state index in [2.05, 4.69) is 16.3 Å². The Balaban J connectivity index is 3.13. The third-order valence-electron chi connectivity index (χ3n) is 1.48. The van der Waals surface area contributed by atoms with Crippen molar-refractivity contribution in [3.05, 3.63) is 29.3 Å². The van der Waals surface area contributed by atoms with Crippen LogP contribution >= 0.6 is 0 Å². The maximum Gasteiger partial charge on any atom is 0.262 e. The average Bonchev–Trinajstić information content (AvgIpc) is 1.94. The summed E-state index contributed by atoms with van der Waals surface area (Å²) < 4.78 is 25.0. The van der Waals surface area contributed by atoms with E-state index in [-0.39, 0.29) is 5.56 Å². The number of rotatable bonds is 1. The first-order valence-electron chi connectivity index (χ1n) is 3.25. The smallest absolute Gasteiger partial charge is 0.205 e. The molecule has 0 aliphatic heterocycles. The monoisotopic (exact) mass is 168 g/mol. The Morgan fingerprint density at radius 2 is 2.00 bits per heavy atom. The summed E-state index contributed by atoms with van der Waals surface area (Å²) in [5.41, 5.74) is 0.974. The summed E-state index contributed by atoms with van der Waals surface area (Å²) in [5, 5.41) is 0. The fourth-order valence-corrected chi connectivity index (χ4v) is 1.19. The molecule has 0 fully saturated rings. The zero-order chi connectivity index (χ0) is 8.43. The lowest BCUT2D eigenvalue weighted by Crippen LogP contribution is -2.10. The minimum atomic E-state index is -2.37. The fraction of sp³-hybridized carbons (Fsp3) is 0.250. The molecule has 0 saturated carbocycles. The Morgan fingerprint density at radius 1 is 1.36 bits per heavy atom. The van der Waals surface area contributed by atoms with Gasteiger partial charge < -0.3 is 0 Å². The summed E-state index contributed by atoms with van der Waals surface area (Å²) in [5.74, 6) is 0. The van der Waals surface area contributed by atoms with Crippen molar-refractivity contribution in [3.63, 3.8) is 0 Å². The molecule has 0 aliphatic carbocycles. The van der Waals surface area contributed by atoms with Crippen LogP contribution in [0.25, 0.3) is 0 Å². The molecule has 2 radical (unpaired) electrons. The second-order valence-corrected chi connectivity index (χ2v) is 3.06. The van der Waals surface area contributed by atoms with Crippen LogP contribution in [0.2, 0.25) is 0 Å². The molecule has 0 heterocycles. The van der Waals surface area contributed by atoms with E-state index in [1.807, 2.05) is 6.07 Å². The second kappa shape index (κ2) is 3.34. The number of hydrogen-bond donors (Lipinski definition) is 0. The highest BCUT2D eigenvalue weighted by atomic mass is 27.0. The van der Waals surface area contributed by atoms with E-state index in [4.69, 9.17) is 0 Å². The van der Waals surface area contributed by atoms with Crippen molar-refractivity contribution < 1.29 is 8.78 Å². The average molecular weight is 168 g/mol. The maximum absolute atomic E-state index is 12.2. The quantitative estimate of drug-likeness (QED) is 0.560. The SMILES string of the molecule is Cc1cc[c]([Al])c(C(F)F)c1. The van der Waals surface area contributed by atoms with Crippen molar-refractivity contribution in [1.82, 2.24) is 0 Å². The zero-order valence-corrected chi connectivity index (χ0v) is 7.30. The van der Waals surface area contributed by atoms with Gasteiger partial charge >= 0.3 is 0 Å². The van der Waals surface area contributed by atoms with Gasteiger partial charge in [-0.05, 0) is 6.92 Å². The zero-order valence-electron chi connectivity index (χ0n) is 6.14. The lowest BCUT2D eigenvalue weighted by Gasteiger charge is -2.05. The number of alkyl halides is 2. The molecule has 11 heavy (non-hydrogen) atoms. The topological polar surface area (TPSA) is 0 Å². The van der Waals surface area contributed by atoms with Gasteiger partial charge in [-0.15, -0.1) is 4.43 Å². The van der Waals surface area contributed by atoms with Gasteiger partial charge in [-0.1, -0.05) is 23.8 Å². The maximum atomic E-state index is 12.2. The lowest BCUT2D eigenvalue weighted by atomic mass is 10.1. The van der Waals surface area contributed by atoms with E-state index in [1.54, 1.807) is 13.0 Å². The molecular formula is C8H7AlF2. The Bertz CT molecular complexity index is 258. The molecule has 0 nitrogen and oxygen atoms in total. The first-order valence-corrected chi connectivity index (χ1v) is 3.83. The molecule has 0 spiro atoms. The Labute approximate surface area is 72.7 Å². The van der Waals surface area contributed by atoms with Crippen LogP contribution in [0, 0.1) is 6.92 Å². The van der Waals surface area contributed by atoms with Gasteiger partial charge in [-0.3, -0.25) is 0 Å². The van der Waals surface area contributed by atoms with Crippen LogP contribution in [-0.2, 0) is 0 Å². The molecule has 0 aliphatic rings. The number of benzene rings is 1. The highest BCUT2D eigenvalue weighted by molar-refractivity contribution is 6.33. The van der Waals surface area contributed by atoms with Gasteiger partial charge in [0.05, 0.1) is 0 Å². The van der Waals surface area contributed by atoms with Crippen LogP contribution in [0.15, 0.2) is 18.2 Å². The van der Waals surface area contributed by atoms with E-state index in [9.17, 15) is 8.78 Å². The minimum Gasteiger partial charge on any atom is -0.205 e. The van der Waals surface area contributed by atoms with E-state index < -0.39 is 6.43 Å². The minimum absolute atomic E-state index is 0.106. The molecule has 0 atom stereocenters. The van der Waals surface area contributed by atoms with Crippen molar-refractivity contribution in [2.45, 2.75) is 13.3 Å². The van der Waals surface area contributed by atoms with Crippen LogP contribution < -0.4 is 4.43 Å².